The van der Waals surface area contributed by atoms with Crippen molar-refractivity contribution in [3.05, 3.63) is 130 Å². The van der Waals surface area contributed by atoms with Gasteiger partial charge in [0.1, 0.15) is 0 Å². The Morgan fingerprint density at radius 2 is 1.28 bits per heavy atom. The first-order valence-electron chi connectivity index (χ1n) is 11.5. The maximum atomic E-state index is 3.98. The molecule has 1 saturated heterocycles. The fraction of sp³-hybridized carbons (Fsp3) is 0.241. The normalized spacial score (nSPS) is 16.3. The van der Waals surface area contributed by atoms with Crippen molar-refractivity contribution < 1.29 is 0 Å². The molecule has 0 atom stereocenters. The zero-order chi connectivity index (χ0) is 21.6. The summed E-state index contributed by atoms with van der Waals surface area (Å²) in [6.07, 6.45) is 2.19. The van der Waals surface area contributed by atoms with Crippen LogP contribution in [0.15, 0.2) is 109 Å². The molecule has 3 aromatic carbocycles. The molecule has 2 nitrogen and oxygen atoms in total. The lowest BCUT2D eigenvalue weighted by molar-refractivity contribution is 0.109. The number of hydrogen-bond donors (Lipinski definition) is 1. The molecule has 5 rings (SSSR count). The molecular weight excluding hydrogens is 408 g/mol. The van der Waals surface area contributed by atoms with Crippen LogP contribution in [0.3, 0.4) is 0 Å². The minimum absolute atomic E-state index is 0.0136. The van der Waals surface area contributed by atoms with Crippen molar-refractivity contribution in [3.8, 4) is 0 Å². The van der Waals surface area contributed by atoms with Crippen LogP contribution >= 0.6 is 11.3 Å². The first-order chi connectivity index (χ1) is 15.8. The topological polar surface area (TPSA) is 15.3 Å². The van der Waals surface area contributed by atoms with Gasteiger partial charge < -0.3 is 5.32 Å². The number of benzene rings is 3. The van der Waals surface area contributed by atoms with E-state index in [-0.39, 0.29) is 5.54 Å². The molecule has 1 fully saturated rings. The lowest BCUT2D eigenvalue weighted by Crippen LogP contribution is -2.51. The second kappa shape index (κ2) is 9.83. The number of hydrogen-bond acceptors (Lipinski definition) is 3. The van der Waals surface area contributed by atoms with Gasteiger partial charge >= 0.3 is 0 Å². The number of rotatable bonds is 7. The third kappa shape index (κ3) is 4.56. The van der Waals surface area contributed by atoms with E-state index >= 15 is 0 Å². The van der Waals surface area contributed by atoms with Crippen molar-refractivity contribution in [2.75, 3.05) is 13.1 Å². The maximum Gasteiger partial charge on any atom is 0.0601 e. The largest absolute Gasteiger partial charge is 0.302 e. The van der Waals surface area contributed by atoms with Gasteiger partial charge in [0.2, 0.25) is 0 Å². The first-order valence-corrected chi connectivity index (χ1v) is 12.4. The highest BCUT2D eigenvalue weighted by Crippen LogP contribution is 2.38. The van der Waals surface area contributed by atoms with Crippen LogP contribution < -0.4 is 5.32 Å². The molecule has 1 N–H and O–H groups in total. The molecule has 0 aliphatic carbocycles. The molecule has 0 bridgehead atoms. The lowest BCUT2D eigenvalue weighted by atomic mass is 9.79. The second-order valence-corrected chi connectivity index (χ2v) is 9.67. The first kappa shape index (κ1) is 21.1. The fourth-order valence-corrected chi connectivity index (χ4v) is 5.69. The summed E-state index contributed by atoms with van der Waals surface area (Å²) in [5.74, 6) is 0. The van der Waals surface area contributed by atoms with Gasteiger partial charge in [-0.1, -0.05) is 97.1 Å². The lowest BCUT2D eigenvalue weighted by Gasteiger charge is -2.45. The smallest absolute Gasteiger partial charge is 0.0601 e. The van der Waals surface area contributed by atoms with E-state index in [4.69, 9.17) is 0 Å². The third-order valence-electron chi connectivity index (χ3n) is 6.75. The maximum absolute atomic E-state index is 3.98. The second-order valence-electron chi connectivity index (χ2n) is 8.64. The third-order valence-corrected chi connectivity index (χ3v) is 7.63. The highest BCUT2D eigenvalue weighted by Gasteiger charge is 2.38. The van der Waals surface area contributed by atoms with Gasteiger partial charge in [-0.2, -0.15) is 0 Å². The summed E-state index contributed by atoms with van der Waals surface area (Å²) in [7, 11) is 0. The van der Waals surface area contributed by atoms with E-state index in [1.165, 1.54) is 21.6 Å². The van der Waals surface area contributed by atoms with Crippen molar-refractivity contribution in [1.82, 2.24) is 10.2 Å². The molecule has 2 heterocycles. The number of likely N-dealkylation sites (tertiary alicyclic amines) is 1. The summed E-state index contributed by atoms with van der Waals surface area (Å²) >= 11 is 1.83. The summed E-state index contributed by atoms with van der Waals surface area (Å²) in [4.78, 5) is 4.06. The molecular formula is C29H30N2S. The standard InChI is InChI=1S/C29H30N2S/c1-4-11-24(12-5-1)28(25-13-6-2-7-14-25)31-20-18-29(19-21-31,26-15-8-3-9-16-26)30-23-27-17-10-22-32-27/h1-17,22,28,30H,18-21,23H2. The Kier molecular flexibility index (Phi) is 6.49. The van der Waals surface area contributed by atoms with Gasteiger partial charge in [-0.3, -0.25) is 4.90 Å². The average Bonchev–Trinajstić information content (AvgIpc) is 3.40. The van der Waals surface area contributed by atoms with Crippen LogP contribution in [0.1, 0.15) is 40.5 Å². The fourth-order valence-electron chi connectivity index (χ4n) is 5.04. The molecule has 1 aliphatic rings. The molecule has 0 saturated carbocycles. The van der Waals surface area contributed by atoms with Gasteiger partial charge in [0.15, 0.2) is 0 Å². The summed E-state index contributed by atoms with van der Waals surface area (Å²) in [5.41, 5.74) is 4.17. The van der Waals surface area contributed by atoms with Gasteiger partial charge in [0.05, 0.1) is 6.04 Å². The van der Waals surface area contributed by atoms with Crippen LogP contribution in [0.5, 0.6) is 0 Å². The van der Waals surface area contributed by atoms with Crippen molar-refractivity contribution in [1.29, 1.82) is 0 Å². The van der Waals surface area contributed by atoms with Gasteiger partial charge in [-0.15, -0.1) is 11.3 Å². The van der Waals surface area contributed by atoms with Crippen molar-refractivity contribution in [3.63, 3.8) is 0 Å². The van der Waals surface area contributed by atoms with Gasteiger partial charge in [0, 0.05) is 30.1 Å². The van der Waals surface area contributed by atoms with Gasteiger partial charge in [-0.05, 0) is 41.0 Å². The number of nitrogens with zero attached hydrogens (tertiary/aromatic N) is 1. The molecule has 0 radical (unpaired) electrons. The average molecular weight is 439 g/mol. The van der Waals surface area contributed by atoms with Crippen LogP contribution in [0.25, 0.3) is 0 Å². The molecule has 0 amide bonds. The van der Waals surface area contributed by atoms with E-state index in [1.54, 1.807) is 0 Å². The van der Waals surface area contributed by atoms with E-state index in [2.05, 4.69) is 119 Å². The van der Waals surface area contributed by atoms with E-state index in [0.29, 0.717) is 6.04 Å². The van der Waals surface area contributed by atoms with Crippen molar-refractivity contribution >= 4 is 11.3 Å². The van der Waals surface area contributed by atoms with Crippen LogP contribution in [-0.4, -0.2) is 18.0 Å². The Hall–Kier alpha value is -2.72. The Labute approximate surface area is 195 Å². The number of thiophene rings is 1. The van der Waals surface area contributed by atoms with Crippen LogP contribution in [0.4, 0.5) is 0 Å². The van der Waals surface area contributed by atoms with Crippen LogP contribution in [-0.2, 0) is 12.1 Å². The predicted molar refractivity (Wildman–Crippen MR) is 135 cm³/mol. The molecule has 0 spiro atoms. The van der Waals surface area contributed by atoms with E-state index in [1.807, 2.05) is 11.3 Å². The highest BCUT2D eigenvalue weighted by molar-refractivity contribution is 7.09. The predicted octanol–water partition coefficient (Wildman–Crippen LogP) is 6.62. The molecule has 162 valence electrons. The minimum Gasteiger partial charge on any atom is -0.302 e. The van der Waals surface area contributed by atoms with Crippen LogP contribution in [0, 0.1) is 0 Å². The molecule has 1 aromatic heterocycles. The van der Waals surface area contributed by atoms with E-state index in [9.17, 15) is 0 Å². The monoisotopic (exact) mass is 438 g/mol. The molecule has 3 heteroatoms. The van der Waals surface area contributed by atoms with Gasteiger partial charge in [-0.25, -0.2) is 0 Å². The molecule has 4 aromatic rings. The summed E-state index contributed by atoms with van der Waals surface area (Å²) in [6, 6.07) is 37.6. The zero-order valence-electron chi connectivity index (χ0n) is 18.4. The van der Waals surface area contributed by atoms with E-state index in [0.717, 1.165) is 32.5 Å². The van der Waals surface area contributed by atoms with Gasteiger partial charge in [0.25, 0.3) is 0 Å². The SMILES string of the molecule is c1ccc(C(c2ccccc2)N2CCC(NCc3cccs3)(c3ccccc3)CC2)cc1. The Morgan fingerprint density at radius 1 is 0.719 bits per heavy atom. The Balaban J connectivity index is 1.41. The summed E-state index contributed by atoms with van der Waals surface area (Å²) in [6.45, 7) is 3.04. The number of nitrogens with one attached hydrogen (secondary N) is 1. The Bertz CT molecular complexity index is 1030. The van der Waals surface area contributed by atoms with E-state index < -0.39 is 0 Å². The summed E-state index contributed by atoms with van der Waals surface area (Å²) in [5, 5.41) is 6.14. The minimum atomic E-state index is 0.0136. The quantitative estimate of drug-likeness (QED) is 0.349. The zero-order valence-corrected chi connectivity index (χ0v) is 19.2. The Morgan fingerprint density at radius 3 is 1.81 bits per heavy atom. The molecule has 0 unspecified atom stereocenters. The summed E-state index contributed by atoms with van der Waals surface area (Å²) < 4.78 is 0. The van der Waals surface area contributed by atoms with Crippen molar-refractivity contribution in [2.45, 2.75) is 31.0 Å². The van der Waals surface area contributed by atoms with Crippen LogP contribution in [0.2, 0.25) is 0 Å². The molecule has 32 heavy (non-hydrogen) atoms. The number of piperidine rings is 1. The molecule has 1 aliphatic heterocycles. The highest BCUT2D eigenvalue weighted by atomic mass is 32.1. The van der Waals surface area contributed by atoms with Crippen molar-refractivity contribution in [2.24, 2.45) is 0 Å².